The SMILES string of the molecule is CC(NCCCCCC(=O)O)C1CCC1. The van der Waals surface area contributed by atoms with E-state index in [9.17, 15) is 4.79 Å². The quantitative estimate of drug-likeness (QED) is 0.609. The third-order valence-electron chi connectivity index (χ3n) is 3.39. The summed E-state index contributed by atoms with van der Waals surface area (Å²) in [5.74, 6) is 0.217. The molecule has 0 bridgehead atoms. The fourth-order valence-corrected chi connectivity index (χ4v) is 2.01. The van der Waals surface area contributed by atoms with Crippen LogP contribution >= 0.6 is 0 Å². The van der Waals surface area contributed by atoms with Gasteiger partial charge in [-0.2, -0.15) is 0 Å². The van der Waals surface area contributed by atoms with Gasteiger partial charge in [0, 0.05) is 12.5 Å². The van der Waals surface area contributed by atoms with Gasteiger partial charge in [-0.25, -0.2) is 0 Å². The van der Waals surface area contributed by atoms with E-state index < -0.39 is 5.97 Å². The van der Waals surface area contributed by atoms with Gasteiger partial charge in [0.25, 0.3) is 0 Å². The summed E-state index contributed by atoms with van der Waals surface area (Å²) in [5.41, 5.74) is 0. The number of aliphatic carboxylic acids is 1. The maximum absolute atomic E-state index is 10.3. The predicted molar refractivity (Wildman–Crippen MR) is 60.9 cm³/mol. The highest BCUT2D eigenvalue weighted by molar-refractivity contribution is 5.66. The van der Waals surface area contributed by atoms with Crippen LogP contribution in [0.25, 0.3) is 0 Å². The average molecular weight is 213 g/mol. The van der Waals surface area contributed by atoms with Crippen LogP contribution in [0.3, 0.4) is 0 Å². The molecule has 3 nitrogen and oxygen atoms in total. The van der Waals surface area contributed by atoms with Crippen molar-refractivity contribution >= 4 is 5.97 Å². The van der Waals surface area contributed by atoms with Crippen LogP contribution in [0, 0.1) is 5.92 Å². The Morgan fingerprint density at radius 1 is 1.40 bits per heavy atom. The van der Waals surface area contributed by atoms with Crippen molar-refractivity contribution in [3.63, 3.8) is 0 Å². The minimum atomic E-state index is -0.675. The molecule has 1 fully saturated rings. The van der Waals surface area contributed by atoms with Crippen LogP contribution in [-0.2, 0) is 4.79 Å². The first-order valence-corrected chi connectivity index (χ1v) is 6.15. The van der Waals surface area contributed by atoms with Gasteiger partial charge < -0.3 is 10.4 Å². The van der Waals surface area contributed by atoms with Crippen LogP contribution in [0.5, 0.6) is 0 Å². The molecule has 0 amide bonds. The lowest BCUT2D eigenvalue weighted by atomic mass is 9.80. The molecule has 0 aromatic carbocycles. The standard InChI is InChI=1S/C12H23NO2/c1-10(11-6-5-7-11)13-9-4-2-3-8-12(14)15/h10-11,13H,2-9H2,1H3,(H,14,15). The highest BCUT2D eigenvalue weighted by Crippen LogP contribution is 2.29. The average Bonchev–Trinajstić information content (AvgIpc) is 2.07. The van der Waals surface area contributed by atoms with Crippen LogP contribution < -0.4 is 5.32 Å². The smallest absolute Gasteiger partial charge is 0.303 e. The molecule has 1 atom stereocenters. The van der Waals surface area contributed by atoms with E-state index >= 15 is 0 Å². The van der Waals surface area contributed by atoms with Gasteiger partial charge in [-0.3, -0.25) is 4.79 Å². The van der Waals surface area contributed by atoms with E-state index in [0.717, 1.165) is 31.7 Å². The predicted octanol–water partition coefficient (Wildman–Crippen LogP) is 2.41. The van der Waals surface area contributed by atoms with E-state index in [0.29, 0.717) is 12.5 Å². The van der Waals surface area contributed by atoms with Gasteiger partial charge >= 0.3 is 5.97 Å². The molecule has 0 saturated heterocycles. The lowest BCUT2D eigenvalue weighted by molar-refractivity contribution is -0.137. The molecule has 1 unspecified atom stereocenters. The molecular formula is C12H23NO2. The molecule has 0 aliphatic heterocycles. The second-order valence-corrected chi connectivity index (χ2v) is 4.64. The van der Waals surface area contributed by atoms with E-state index in [4.69, 9.17) is 5.11 Å². The summed E-state index contributed by atoms with van der Waals surface area (Å²) in [6.45, 7) is 3.30. The zero-order chi connectivity index (χ0) is 11.1. The van der Waals surface area contributed by atoms with Gasteiger partial charge in [0.2, 0.25) is 0 Å². The minimum Gasteiger partial charge on any atom is -0.481 e. The van der Waals surface area contributed by atoms with Crippen LogP contribution in [0.15, 0.2) is 0 Å². The summed E-state index contributed by atoms with van der Waals surface area (Å²) in [5, 5.41) is 12.0. The van der Waals surface area contributed by atoms with E-state index in [1.807, 2.05) is 0 Å². The van der Waals surface area contributed by atoms with Crippen molar-refractivity contribution in [3.8, 4) is 0 Å². The van der Waals surface area contributed by atoms with E-state index in [1.165, 1.54) is 19.3 Å². The molecule has 0 spiro atoms. The molecular weight excluding hydrogens is 190 g/mol. The largest absolute Gasteiger partial charge is 0.481 e. The summed E-state index contributed by atoms with van der Waals surface area (Å²) >= 11 is 0. The van der Waals surface area contributed by atoms with E-state index in [-0.39, 0.29) is 0 Å². The Labute approximate surface area is 92.3 Å². The van der Waals surface area contributed by atoms with Gasteiger partial charge in [-0.05, 0) is 45.1 Å². The Balaban J connectivity index is 1.85. The van der Waals surface area contributed by atoms with Gasteiger partial charge in [0.15, 0.2) is 0 Å². The number of carboxylic acids is 1. The van der Waals surface area contributed by atoms with Crippen molar-refractivity contribution in [2.75, 3.05) is 6.54 Å². The van der Waals surface area contributed by atoms with Crippen LogP contribution in [0.2, 0.25) is 0 Å². The number of carboxylic acid groups (broad SMARTS) is 1. The maximum atomic E-state index is 10.3. The summed E-state index contributed by atoms with van der Waals surface area (Å²) in [6.07, 6.45) is 7.42. The second-order valence-electron chi connectivity index (χ2n) is 4.64. The number of unbranched alkanes of at least 4 members (excludes halogenated alkanes) is 2. The zero-order valence-corrected chi connectivity index (χ0v) is 9.67. The summed E-state index contributed by atoms with van der Waals surface area (Å²) in [6, 6.07) is 0.651. The first-order valence-electron chi connectivity index (χ1n) is 6.15. The van der Waals surface area contributed by atoms with Gasteiger partial charge in [-0.15, -0.1) is 0 Å². The molecule has 88 valence electrons. The third kappa shape index (κ3) is 5.17. The van der Waals surface area contributed by atoms with E-state index in [2.05, 4.69) is 12.2 Å². The van der Waals surface area contributed by atoms with Crippen LogP contribution in [-0.4, -0.2) is 23.7 Å². The first kappa shape index (κ1) is 12.5. The van der Waals surface area contributed by atoms with Crippen molar-refractivity contribution < 1.29 is 9.90 Å². The lowest BCUT2D eigenvalue weighted by Crippen LogP contribution is -2.37. The highest BCUT2D eigenvalue weighted by atomic mass is 16.4. The molecule has 1 rings (SSSR count). The van der Waals surface area contributed by atoms with Gasteiger partial charge in [-0.1, -0.05) is 12.8 Å². The molecule has 0 aromatic heterocycles. The number of nitrogens with one attached hydrogen (secondary N) is 1. The zero-order valence-electron chi connectivity index (χ0n) is 9.67. The third-order valence-corrected chi connectivity index (χ3v) is 3.39. The molecule has 3 heteroatoms. The van der Waals surface area contributed by atoms with Crippen molar-refractivity contribution in [1.29, 1.82) is 0 Å². The highest BCUT2D eigenvalue weighted by Gasteiger charge is 2.22. The normalized spacial score (nSPS) is 18.5. The molecule has 15 heavy (non-hydrogen) atoms. The Kier molecular flexibility index (Phi) is 5.69. The minimum absolute atomic E-state index is 0.318. The Morgan fingerprint density at radius 3 is 2.67 bits per heavy atom. The molecule has 2 N–H and O–H groups in total. The topological polar surface area (TPSA) is 49.3 Å². The number of rotatable bonds is 8. The summed E-state index contributed by atoms with van der Waals surface area (Å²) < 4.78 is 0. The molecule has 1 aliphatic carbocycles. The fraction of sp³-hybridized carbons (Fsp3) is 0.917. The van der Waals surface area contributed by atoms with Crippen molar-refractivity contribution in [1.82, 2.24) is 5.32 Å². The number of hydrogen-bond donors (Lipinski definition) is 2. The maximum Gasteiger partial charge on any atom is 0.303 e. The fourth-order valence-electron chi connectivity index (χ4n) is 2.01. The first-order chi connectivity index (χ1) is 7.20. The van der Waals surface area contributed by atoms with Gasteiger partial charge in [0.05, 0.1) is 0 Å². The van der Waals surface area contributed by atoms with E-state index in [1.54, 1.807) is 0 Å². The molecule has 0 heterocycles. The lowest BCUT2D eigenvalue weighted by Gasteiger charge is -2.32. The number of hydrogen-bond acceptors (Lipinski definition) is 2. The summed E-state index contributed by atoms with van der Waals surface area (Å²) in [7, 11) is 0. The van der Waals surface area contributed by atoms with Crippen LogP contribution in [0.1, 0.15) is 51.9 Å². The Bertz CT molecular complexity index is 190. The monoisotopic (exact) mass is 213 g/mol. The molecule has 1 saturated carbocycles. The van der Waals surface area contributed by atoms with Crippen molar-refractivity contribution in [2.24, 2.45) is 5.92 Å². The Morgan fingerprint density at radius 2 is 2.13 bits per heavy atom. The Hall–Kier alpha value is -0.570. The second kappa shape index (κ2) is 6.83. The van der Waals surface area contributed by atoms with Crippen LogP contribution in [0.4, 0.5) is 0 Å². The van der Waals surface area contributed by atoms with Crippen molar-refractivity contribution in [3.05, 3.63) is 0 Å². The molecule has 1 aliphatic rings. The number of carbonyl (C=O) groups is 1. The molecule has 0 aromatic rings. The van der Waals surface area contributed by atoms with Crippen molar-refractivity contribution in [2.45, 2.75) is 57.9 Å². The molecule has 0 radical (unpaired) electrons. The van der Waals surface area contributed by atoms with Gasteiger partial charge in [0.1, 0.15) is 0 Å². The summed E-state index contributed by atoms with van der Waals surface area (Å²) in [4.78, 5) is 10.3.